The van der Waals surface area contributed by atoms with E-state index in [0.717, 1.165) is 12.0 Å². The molecule has 0 aliphatic heterocycles. The predicted molar refractivity (Wildman–Crippen MR) is 75.6 cm³/mol. The van der Waals surface area contributed by atoms with E-state index in [4.69, 9.17) is 0 Å². The Labute approximate surface area is 112 Å². The van der Waals surface area contributed by atoms with Crippen molar-refractivity contribution < 1.29 is 9.90 Å². The molecule has 1 aromatic carbocycles. The predicted octanol–water partition coefficient (Wildman–Crippen LogP) is 3.27. The molecule has 0 saturated heterocycles. The van der Waals surface area contributed by atoms with Gasteiger partial charge in [-0.3, -0.25) is 4.98 Å². The van der Waals surface area contributed by atoms with Gasteiger partial charge >= 0.3 is 5.97 Å². The number of carboxylic acids is 1. The molecule has 1 aromatic heterocycles. The molecule has 19 heavy (non-hydrogen) atoms. The van der Waals surface area contributed by atoms with Crippen LogP contribution in [0.5, 0.6) is 0 Å². The number of benzene rings is 1. The Morgan fingerprint density at radius 3 is 2.53 bits per heavy atom. The maximum absolute atomic E-state index is 11.4. The molecule has 2 aromatic rings. The smallest absolute Gasteiger partial charge is 0.336 e. The van der Waals surface area contributed by atoms with Crippen LogP contribution in [0.25, 0.3) is 11.6 Å². The molecule has 0 aliphatic rings. The van der Waals surface area contributed by atoms with E-state index >= 15 is 0 Å². The number of rotatable bonds is 4. The van der Waals surface area contributed by atoms with Crippen molar-refractivity contribution in [2.45, 2.75) is 13.3 Å². The summed E-state index contributed by atoms with van der Waals surface area (Å²) in [7, 11) is 0. The second-order valence-corrected chi connectivity index (χ2v) is 4.20. The molecule has 0 spiro atoms. The van der Waals surface area contributed by atoms with Gasteiger partial charge in [0.05, 0.1) is 5.57 Å². The van der Waals surface area contributed by atoms with Gasteiger partial charge < -0.3 is 5.11 Å². The molecule has 0 aliphatic carbocycles. The van der Waals surface area contributed by atoms with Crippen LogP contribution in [0.3, 0.4) is 0 Å². The van der Waals surface area contributed by atoms with Crippen molar-refractivity contribution in [3.05, 3.63) is 65.5 Å². The first-order valence-corrected chi connectivity index (χ1v) is 6.15. The highest BCUT2D eigenvalue weighted by molar-refractivity contribution is 6.20. The Hall–Kier alpha value is -2.42. The standard InChI is InChI=1S/C16H15NO2/c1-2-12-5-7-14(8-6-12)15(16(18)19)10-13-4-3-9-17-11-13/h3-11H,2H2,1H3,(H,18,19)/b15-10-. The second kappa shape index (κ2) is 5.96. The molecule has 0 atom stereocenters. The number of carbonyl (C=O) groups is 1. The van der Waals surface area contributed by atoms with E-state index in [-0.39, 0.29) is 5.57 Å². The van der Waals surface area contributed by atoms with Gasteiger partial charge in [0.25, 0.3) is 0 Å². The first-order chi connectivity index (χ1) is 9.20. The molecular formula is C16H15NO2. The zero-order chi connectivity index (χ0) is 13.7. The molecule has 0 fully saturated rings. The van der Waals surface area contributed by atoms with Crippen LogP contribution < -0.4 is 0 Å². The van der Waals surface area contributed by atoms with E-state index in [2.05, 4.69) is 11.9 Å². The lowest BCUT2D eigenvalue weighted by Gasteiger charge is -2.04. The maximum atomic E-state index is 11.4. The van der Waals surface area contributed by atoms with Crippen LogP contribution in [0.15, 0.2) is 48.8 Å². The molecule has 0 radical (unpaired) electrons. The molecule has 3 heteroatoms. The monoisotopic (exact) mass is 253 g/mol. The summed E-state index contributed by atoms with van der Waals surface area (Å²) in [5.74, 6) is -0.937. The number of hydrogen-bond donors (Lipinski definition) is 1. The van der Waals surface area contributed by atoms with Gasteiger partial charge in [-0.15, -0.1) is 0 Å². The topological polar surface area (TPSA) is 50.2 Å². The largest absolute Gasteiger partial charge is 0.478 e. The molecular weight excluding hydrogens is 238 g/mol. The van der Waals surface area contributed by atoms with Crippen molar-refractivity contribution >= 4 is 17.6 Å². The van der Waals surface area contributed by atoms with Crippen LogP contribution >= 0.6 is 0 Å². The zero-order valence-corrected chi connectivity index (χ0v) is 10.7. The number of pyridine rings is 1. The van der Waals surface area contributed by atoms with Crippen LogP contribution in [0.4, 0.5) is 0 Å². The number of aryl methyl sites for hydroxylation is 1. The van der Waals surface area contributed by atoms with Crippen LogP contribution in [-0.4, -0.2) is 16.1 Å². The number of nitrogens with zero attached hydrogens (tertiary/aromatic N) is 1. The SMILES string of the molecule is CCc1ccc(/C(=C/c2cccnc2)C(=O)O)cc1. The summed E-state index contributed by atoms with van der Waals surface area (Å²) in [5.41, 5.74) is 2.94. The minimum absolute atomic E-state index is 0.274. The number of carboxylic acid groups (broad SMARTS) is 1. The van der Waals surface area contributed by atoms with Gasteiger partial charge in [-0.1, -0.05) is 37.3 Å². The van der Waals surface area contributed by atoms with Crippen LogP contribution in [0.2, 0.25) is 0 Å². The maximum Gasteiger partial charge on any atom is 0.336 e. The fraction of sp³-hybridized carbons (Fsp3) is 0.125. The van der Waals surface area contributed by atoms with Gasteiger partial charge in [-0.25, -0.2) is 4.79 Å². The van der Waals surface area contributed by atoms with E-state index < -0.39 is 5.97 Å². The lowest BCUT2D eigenvalue weighted by molar-refractivity contribution is -0.130. The molecule has 96 valence electrons. The fourth-order valence-corrected chi connectivity index (χ4v) is 1.82. The number of aromatic nitrogens is 1. The molecule has 3 nitrogen and oxygen atoms in total. The van der Waals surface area contributed by atoms with Gasteiger partial charge in [0, 0.05) is 12.4 Å². The molecule has 1 N–H and O–H groups in total. The van der Waals surface area contributed by atoms with Crippen molar-refractivity contribution in [2.24, 2.45) is 0 Å². The lowest BCUT2D eigenvalue weighted by Crippen LogP contribution is -2.00. The zero-order valence-electron chi connectivity index (χ0n) is 10.7. The highest BCUT2D eigenvalue weighted by Crippen LogP contribution is 2.19. The first kappa shape index (κ1) is 13.0. The second-order valence-electron chi connectivity index (χ2n) is 4.20. The average molecular weight is 253 g/mol. The lowest BCUT2D eigenvalue weighted by atomic mass is 10.0. The molecule has 0 saturated carbocycles. The van der Waals surface area contributed by atoms with E-state index in [1.165, 1.54) is 5.56 Å². The Morgan fingerprint density at radius 1 is 1.26 bits per heavy atom. The Morgan fingerprint density at radius 2 is 2.00 bits per heavy atom. The minimum Gasteiger partial charge on any atom is -0.478 e. The van der Waals surface area contributed by atoms with Crippen molar-refractivity contribution in [2.75, 3.05) is 0 Å². The highest BCUT2D eigenvalue weighted by Gasteiger charge is 2.10. The summed E-state index contributed by atoms with van der Waals surface area (Å²) in [5, 5.41) is 9.33. The Balaban J connectivity index is 2.40. The summed E-state index contributed by atoms with van der Waals surface area (Å²) in [6.45, 7) is 2.07. The summed E-state index contributed by atoms with van der Waals surface area (Å²) < 4.78 is 0. The van der Waals surface area contributed by atoms with Crippen molar-refractivity contribution in [1.82, 2.24) is 4.98 Å². The van der Waals surface area contributed by atoms with Gasteiger partial charge in [-0.2, -0.15) is 0 Å². The van der Waals surface area contributed by atoms with Crippen molar-refractivity contribution in [3.8, 4) is 0 Å². The normalized spacial score (nSPS) is 11.3. The molecule has 0 bridgehead atoms. The summed E-state index contributed by atoms with van der Waals surface area (Å²) >= 11 is 0. The third-order valence-corrected chi connectivity index (χ3v) is 2.90. The van der Waals surface area contributed by atoms with Crippen molar-refractivity contribution in [1.29, 1.82) is 0 Å². The third kappa shape index (κ3) is 3.28. The third-order valence-electron chi connectivity index (χ3n) is 2.90. The Bertz CT molecular complexity index is 586. The number of hydrogen-bond acceptors (Lipinski definition) is 2. The van der Waals surface area contributed by atoms with Gasteiger partial charge in [0.1, 0.15) is 0 Å². The number of aliphatic carboxylic acids is 1. The first-order valence-electron chi connectivity index (χ1n) is 6.15. The highest BCUT2D eigenvalue weighted by atomic mass is 16.4. The minimum atomic E-state index is -0.937. The fourth-order valence-electron chi connectivity index (χ4n) is 1.82. The van der Waals surface area contributed by atoms with Crippen LogP contribution in [-0.2, 0) is 11.2 Å². The van der Waals surface area contributed by atoms with E-state index in [1.807, 2.05) is 30.3 Å². The molecule has 0 amide bonds. The summed E-state index contributed by atoms with van der Waals surface area (Å²) in [6.07, 6.45) is 5.88. The van der Waals surface area contributed by atoms with E-state index in [9.17, 15) is 9.90 Å². The summed E-state index contributed by atoms with van der Waals surface area (Å²) in [4.78, 5) is 15.4. The van der Waals surface area contributed by atoms with Crippen molar-refractivity contribution in [3.63, 3.8) is 0 Å². The van der Waals surface area contributed by atoms with Gasteiger partial charge in [0.2, 0.25) is 0 Å². The summed E-state index contributed by atoms with van der Waals surface area (Å²) in [6, 6.07) is 11.2. The Kier molecular flexibility index (Phi) is 4.08. The van der Waals surface area contributed by atoms with Crippen LogP contribution in [0, 0.1) is 0 Å². The van der Waals surface area contributed by atoms with Gasteiger partial charge in [-0.05, 0) is 35.3 Å². The van der Waals surface area contributed by atoms with E-state index in [1.54, 1.807) is 24.5 Å². The van der Waals surface area contributed by atoms with Crippen LogP contribution in [0.1, 0.15) is 23.6 Å². The van der Waals surface area contributed by atoms with Gasteiger partial charge in [0.15, 0.2) is 0 Å². The molecule has 0 unspecified atom stereocenters. The molecule has 2 rings (SSSR count). The quantitative estimate of drug-likeness (QED) is 0.851. The van der Waals surface area contributed by atoms with E-state index in [0.29, 0.717) is 5.56 Å². The average Bonchev–Trinajstić information content (AvgIpc) is 2.46. The molecule has 1 heterocycles.